The number of rotatable bonds is 3. The van der Waals surface area contributed by atoms with E-state index in [0.29, 0.717) is 37.4 Å². The van der Waals surface area contributed by atoms with Gasteiger partial charge in [-0.3, -0.25) is 9.59 Å². The first-order valence-corrected chi connectivity index (χ1v) is 9.80. The molecule has 1 saturated heterocycles. The molecule has 0 atom stereocenters. The minimum atomic E-state index is -0.0505. The fourth-order valence-corrected chi connectivity index (χ4v) is 3.56. The zero-order valence-corrected chi connectivity index (χ0v) is 16.7. The number of aromatic nitrogens is 2. The predicted molar refractivity (Wildman–Crippen MR) is 112 cm³/mol. The Balaban J connectivity index is 1.68. The molecule has 0 radical (unpaired) electrons. The van der Waals surface area contributed by atoms with Gasteiger partial charge in [0.15, 0.2) is 0 Å². The molecule has 29 heavy (non-hydrogen) atoms. The maximum absolute atomic E-state index is 13.3. The van der Waals surface area contributed by atoms with Crippen molar-refractivity contribution in [1.29, 1.82) is 0 Å². The van der Waals surface area contributed by atoms with E-state index < -0.39 is 0 Å². The minimum Gasteiger partial charge on any atom is -0.339 e. The Labute approximate surface area is 170 Å². The van der Waals surface area contributed by atoms with Crippen molar-refractivity contribution < 1.29 is 9.59 Å². The number of piperazine rings is 1. The van der Waals surface area contributed by atoms with Crippen LogP contribution < -0.4 is 0 Å². The van der Waals surface area contributed by atoms with Crippen molar-refractivity contribution >= 4 is 11.8 Å². The Bertz CT molecular complexity index is 1020. The number of carbonyl (C=O) groups is 2. The fraction of sp³-hybridized carbons (Fsp3) is 0.261. The summed E-state index contributed by atoms with van der Waals surface area (Å²) in [5.41, 5.74) is 4.24. The first-order valence-electron chi connectivity index (χ1n) is 9.80. The van der Waals surface area contributed by atoms with Crippen LogP contribution in [0.2, 0.25) is 0 Å². The van der Waals surface area contributed by atoms with Crippen LogP contribution in [0.1, 0.15) is 22.8 Å². The summed E-state index contributed by atoms with van der Waals surface area (Å²) >= 11 is 0. The lowest BCUT2D eigenvalue weighted by atomic mass is 10.1. The average Bonchev–Trinajstić information content (AvgIpc) is 3.20. The molecular weight excluding hydrogens is 364 g/mol. The summed E-state index contributed by atoms with van der Waals surface area (Å²) in [5, 5.41) is 4.74. The maximum Gasteiger partial charge on any atom is 0.257 e. The van der Waals surface area contributed by atoms with Crippen LogP contribution in [-0.2, 0) is 4.79 Å². The van der Waals surface area contributed by atoms with E-state index in [1.54, 1.807) is 16.5 Å². The zero-order valence-electron chi connectivity index (χ0n) is 16.7. The highest BCUT2D eigenvalue weighted by molar-refractivity contribution is 6.00. The maximum atomic E-state index is 13.3. The third-order valence-corrected chi connectivity index (χ3v) is 5.30. The molecule has 1 fully saturated rings. The minimum absolute atomic E-state index is 0.0502. The summed E-state index contributed by atoms with van der Waals surface area (Å²) in [7, 11) is 0. The quantitative estimate of drug-likeness (QED) is 0.693. The first-order chi connectivity index (χ1) is 14.0. The number of benzene rings is 2. The summed E-state index contributed by atoms with van der Waals surface area (Å²) in [5.74, 6) is -0.000295. The Morgan fingerprint density at radius 3 is 2.10 bits per heavy atom. The lowest BCUT2D eigenvalue weighted by Gasteiger charge is -2.34. The fourth-order valence-electron chi connectivity index (χ4n) is 3.56. The highest BCUT2D eigenvalue weighted by atomic mass is 16.2. The molecule has 0 saturated carbocycles. The number of aryl methyl sites for hydroxylation is 1. The molecule has 1 aliphatic heterocycles. The topological polar surface area (TPSA) is 58.4 Å². The van der Waals surface area contributed by atoms with Crippen LogP contribution in [0.15, 0.2) is 60.8 Å². The van der Waals surface area contributed by atoms with Crippen LogP contribution in [0.3, 0.4) is 0 Å². The number of nitrogens with zero attached hydrogens (tertiary/aromatic N) is 4. The average molecular weight is 388 g/mol. The molecule has 1 aliphatic rings. The monoisotopic (exact) mass is 388 g/mol. The first kappa shape index (κ1) is 18.9. The van der Waals surface area contributed by atoms with Gasteiger partial charge in [0.25, 0.3) is 5.91 Å². The predicted octanol–water partition coefficient (Wildman–Crippen LogP) is 3.15. The Morgan fingerprint density at radius 2 is 1.48 bits per heavy atom. The highest BCUT2D eigenvalue weighted by Gasteiger charge is 2.27. The highest BCUT2D eigenvalue weighted by Crippen LogP contribution is 2.25. The second-order valence-corrected chi connectivity index (χ2v) is 7.34. The molecule has 6 nitrogen and oxygen atoms in total. The second kappa shape index (κ2) is 7.91. The van der Waals surface area contributed by atoms with Crippen molar-refractivity contribution in [2.24, 2.45) is 0 Å². The molecule has 2 aromatic carbocycles. The molecule has 0 bridgehead atoms. The molecule has 0 N–H and O–H groups in total. The number of carbonyl (C=O) groups excluding carboxylic acids is 2. The van der Waals surface area contributed by atoms with Crippen LogP contribution in [0.5, 0.6) is 0 Å². The van der Waals surface area contributed by atoms with Gasteiger partial charge in [-0.15, -0.1) is 0 Å². The molecule has 1 aromatic heterocycles. The summed E-state index contributed by atoms with van der Waals surface area (Å²) < 4.78 is 1.76. The summed E-state index contributed by atoms with van der Waals surface area (Å²) in [6, 6.07) is 17.8. The van der Waals surface area contributed by atoms with Crippen molar-refractivity contribution in [2.45, 2.75) is 13.8 Å². The summed E-state index contributed by atoms with van der Waals surface area (Å²) in [4.78, 5) is 28.5. The molecule has 0 spiro atoms. The molecule has 2 heterocycles. The number of hydrogen-bond donors (Lipinski definition) is 0. The van der Waals surface area contributed by atoms with Gasteiger partial charge < -0.3 is 9.80 Å². The van der Waals surface area contributed by atoms with E-state index in [4.69, 9.17) is 5.10 Å². The zero-order chi connectivity index (χ0) is 20.4. The lowest BCUT2D eigenvalue weighted by Crippen LogP contribution is -2.50. The van der Waals surface area contributed by atoms with Crippen molar-refractivity contribution in [3.63, 3.8) is 0 Å². The van der Waals surface area contributed by atoms with E-state index in [1.165, 1.54) is 5.56 Å². The van der Waals surface area contributed by atoms with E-state index in [0.717, 1.165) is 11.3 Å². The van der Waals surface area contributed by atoms with E-state index in [9.17, 15) is 9.59 Å². The molecule has 148 valence electrons. The molecule has 2 amide bonds. The standard InChI is InChI=1S/C23H24N4O2/c1-17-8-10-20(11-9-17)27-16-21(22(24-27)19-6-4-3-5-7-19)23(29)26-14-12-25(13-15-26)18(2)28/h3-11,16H,12-15H2,1-2H3. The normalized spacial score (nSPS) is 14.1. The van der Waals surface area contributed by atoms with E-state index in [2.05, 4.69) is 0 Å². The van der Waals surface area contributed by atoms with Crippen LogP contribution in [-0.4, -0.2) is 57.6 Å². The van der Waals surface area contributed by atoms with Crippen LogP contribution >= 0.6 is 0 Å². The molecule has 4 rings (SSSR count). The summed E-state index contributed by atoms with van der Waals surface area (Å²) in [6.07, 6.45) is 1.81. The molecule has 3 aromatic rings. The number of hydrogen-bond acceptors (Lipinski definition) is 3. The van der Waals surface area contributed by atoms with Gasteiger partial charge in [0, 0.05) is 44.9 Å². The molecule has 0 aliphatic carbocycles. The Hall–Kier alpha value is -3.41. The largest absolute Gasteiger partial charge is 0.339 e. The van der Waals surface area contributed by atoms with Gasteiger partial charge in [-0.2, -0.15) is 5.10 Å². The molecular formula is C23H24N4O2. The van der Waals surface area contributed by atoms with E-state index in [1.807, 2.05) is 72.6 Å². The smallest absolute Gasteiger partial charge is 0.257 e. The summed E-state index contributed by atoms with van der Waals surface area (Å²) in [6.45, 7) is 5.79. The van der Waals surface area contributed by atoms with Gasteiger partial charge in [-0.05, 0) is 19.1 Å². The van der Waals surface area contributed by atoms with Gasteiger partial charge in [0.05, 0.1) is 11.3 Å². The van der Waals surface area contributed by atoms with Gasteiger partial charge >= 0.3 is 0 Å². The van der Waals surface area contributed by atoms with E-state index in [-0.39, 0.29) is 11.8 Å². The van der Waals surface area contributed by atoms with Crippen LogP contribution in [0.4, 0.5) is 0 Å². The van der Waals surface area contributed by atoms with Gasteiger partial charge in [0.2, 0.25) is 5.91 Å². The number of amides is 2. The van der Waals surface area contributed by atoms with Gasteiger partial charge in [-0.25, -0.2) is 4.68 Å². The molecule has 6 heteroatoms. The van der Waals surface area contributed by atoms with Crippen molar-refractivity contribution in [3.05, 3.63) is 71.9 Å². The lowest BCUT2D eigenvalue weighted by molar-refractivity contribution is -0.130. The van der Waals surface area contributed by atoms with Gasteiger partial charge in [0.1, 0.15) is 5.69 Å². The Morgan fingerprint density at radius 1 is 0.862 bits per heavy atom. The molecule has 0 unspecified atom stereocenters. The SMILES string of the molecule is CC(=O)N1CCN(C(=O)c2cn(-c3ccc(C)cc3)nc2-c2ccccc2)CC1. The Kier molecular flexibility index (Phi) is 5.16. The van der Waals surface area contributed by atoms with Crippen LogP contribution in [0, 0.1) is 6.92 Å². The van der Waals surface area contributed by atoms with Crippen molar-refractivity contribution in [3.8, 4) is 16.9 Å². The second-order valence-electron chi connectivity index (χ2n) is 7.34. The van der Waals surface area contributed by atoms with Crippen molar-refractivity contribution in [1.82, 2.24) is 19.6 Å². The third kappa shape index (κ3) is 3.92. The van der Waals surface area contributed by atoms with Gasteiger partial charge in [-0.1, -0.05) is 48.0 Å². The van der Waals surface area contributed by atoms with E-state index >= 15 is 0 Å². The van der Waals surface area contributed by atoms with Crippen LogP contribution in [0.25, 0.3) is 16.9 Å². The van der Waals surface area contributed by atoms with Crippen molar-refractivity contribution in [2.75, 3.05) is 26.2 Å². The third-order valence-electron chi connectivity index (χ3n) is 5.30.